The van der Waals surface area contributed by atoms with Crippen molar-refractivity contribution in [2.24, 2.45) is 0 Å². The van der Waals surface area contributed by atoms with E-state index in [0.717, 1.165) is 23.3 Å². The van der Waals surface area contributed by atoms with Crippen molar-refractivity contribution in [3.63, 3.8) is 0 Å². The summed E-state index contributed by atoms with van der Waals surface area (Å²) in [6, 6.07) is 5.57. The third-order valence-electron chi connectivity index (χ3n) is 4.03. The van der Waals surface area contributed by atoms with E-state index in [1.807, 2.05) is 13.0 Å². The van der Waals surface area contributed by atoms with Crippen LogP contribution in [0.4, 0.5) is 0 Å². The van der Waals surface area contributed by atoms with E-state index in [2.05, 4.69) is 23.4 Å². The number of carboxylic acid groups (broad SMARTS) is 1. The molecule has 0 aliphatic rings. The number of carboxylic acids is 1. The van der Waals surface area contributed by atoms with Crippen LogP contribution in [-0.4, -0.2) is 20.6 Å². The molecule has 1 unspecified atom stereocenters. The molecule has 21 heavy (non-hydrogen) atoms. The van der Waals surface area contributed by atoms with Gasteiger partial charge in [-0.25, -0.2) is 9.78 Å². The molecule has 4 heteroatoms. The van der Waals surface area contributed by atoms with E-state index in [-0.39, 0.29) is 6.04 Å². The molecule has 0 fully saturated rings. The van der Waals surface area contributed by atoms with Crippen LogP contribution in [0.15, 0.2) is 18.2 Å². The summed E-state index contributed by atoms with van der Waals surface area (Å²) in [5.41, 5.74) is 1.87. The van der Waals surface area contributed by atoms with Gasteiger partial charge in [0.15, 0.2) is 0 Å². The van der Waals surface area contributed by atoms with E-state index in [0.29, 0.717) is 5.56 Å². The molecule has 0 saturated heterocycles. The number of rotatable bonds is 7. The predicted molar refractivity (Wildman–Crippen MR) is 84.9 cm³/mol. The number of nitrogens with zero attached hydrogens (tertiary/aromatic N) is 2. The molecule has 1 aromatic heterocycles. The van der Waals surface area contributed by atoms with Crippen LogP contribution in [0, 0.1) is 6.92 Å². The lowest BCUT2D eigenvalue weighted by Crippen LogP contribution is -2.10. The van der Waals surface area contributed by atoms with Gasteiger partial charge in [0, 0.05) is 6.04 Å². The number of benzene rings is 1. The predicted octanol–water partition coefficient (Wildman–Crippen LogP) is 4.57. The lowest BCUT2D eigenvalue weighted by Gasteiger charge is -2.17. The first-order valence-electron chi connectivity index (χ1n) is 7.77. The van der Waals surface area contributed by atoms with Gasteiger partial charge < -0.3 is 9.67 Å². The number of hydrogen-bond donors (Lipinski definition) is 1. The minimum absolute atomic E-state index is 0.271. The first-order chi connectivity index (χ1) is 10.1. The van der Waals surface area contributed by atoms with Crippen LogP contribution in [0.2, 0.25) is 0 Å². The Morgan fingerprint density at radius 1 is 1.33 bits per heavy atom. The van der Waals surface area contributed by atoms with Gasteiger partial charge in [0.2, 0.25) is 0 Å². The van der Waals surface area contributed by atoms with Crippen LogP contribution >= 0.6 is 0 Å². The summed E-state index contributed by atoms with van der Waals surface area (Å²) >= 11 is 0. The quantitative estimate of drug-likeness (QED) is 0.759. The molecule has 0 spiro atoms. The molecule has 0 aliphatic carbocycles. The number of aromatic nitrogens is 2. The third-order valence-corrected chi connectivity index (χ3v) is 4.03. The molecule has 0 amide bonds. The van der Waals surface area contributed by atoms with E-state index in [1.54, 1.807) is 12.1 Å². The Labute approximate surface area is 125 Å². The number of aryl methyl sites for hydroxylation is 1. The van der Waals surface area contributed by atoms with Crippen molar-refractivity contribution in [2.75, 3.05) is 0 Å². The van der Waals surface area contributed by atoms with Crippen LogP contribution in [-0.2, 0) is 0 Å². The highest BCUT2D eigenvalue weighted by Crippen LogP contribution is 2.27. The molecule has 0 radical (unpaired) electrons. The zero-order valence-electron chi connectivity index (χ0n) is 13.1. The zero-order chi connectivity index (χ0) is 15.4. The van der Waals surface area contributed by atoms with Gasteiger partial charge in [0.05, 0.1) is 16.6 Å². The average Bonchev–Trinajstić information content (AvgIpc) is 2.78. The smallest absolute Gasteiger partial charge is 0.337 e. The monoisotopic (exact) mass is 288 g/mol. The van der Waals surface area contributed by atoms with E-state index in [1.165, 1.54) is 25.7 Å². The van der Waals surface area contributed by atoms with Crippen molar-refractivity contribution in [2.45, 2.75) is 58.9 Å². The molecule has 1 aromatic carbocycles. The Morgan fingerprint density at radius 3 is 2.76 bits per heavy atom. The van der Waals surface area contributed by atoms with Crippen molar-refractivity contribution in [3.8, 4) is 0 Å². The molecule has 1 atom stereocenters. The van der Waals surface area contributed by atoms with E-state index in [4.69, 9.17) is 0 Å². The average molecular weight is 288 g/mol. The number of imidazole rings is 1. The zero-order valence-corrected chi connectivity index (χ0v) is 13.1. The van der Waals surface area contributed by atoms with Crippen LogP contribution in [0.25, 0.3) is 11.0 Å². The summed E-state index contributed by atoms with van der Waals surface area (Å²) < 4.78 is 2.09. The number of hydrogen-bond acceptors (Lipinski definition) is 2. The molecular formula is C17H24N2O2. The fourth-order valence-corrected chi connectivity index (χ4v) is 2.97. The van der Waals surface area contributed by atoms with Gasteiger partial charge in [-0.15, -0.1) is 0 Å². The van der Waals surface area contributed by atoms with Crippen molar-refractivity contribution in [1.82, 2.24) is 9.55 Å². The summed E-state index contributed by atoms with van der Waals surface area (Å²) in [5.74, 6) is 0.00150. The largest absolute Gasteiger partial charge is 0.478 e. The van der Waals surface area contributed by atoms with Gasteiger partial charge in [-0.05, 0) is 32.4 Å². The molecule has 114 valence electrons. The summed E-state index contributed by atoms with van der Waals surface area (Å²) in [5, 5.41) is 9.40. The Bertz CT molecular complexity index is 631. The minimum atomic E-state index is -0.889. The summed E-state index contributed by atoms with van der Waals surface area (Å²) in [7, 11) is 0. The Hall–Kier alpha value is -1.84. The molecule has 1 N–H and O–H groups in total. The first kappa shape index (κ1) is 15.5. The number of fused-ring (bicyclic) bond motifs is 1. The van der Waals surface area contributed by atoms with Crippen molar-refractivity contribution in [1.29, 1.82) is 0 Å². The molecular weight excluding hydrogens is 264 g/mol. The lowest BCUT2D eigenvalue weighted by molar-refractivity contribution is 0.0698. The van der Waals surface area contributed by atoms with Gasteiger partial charge in [0.25, 0.3) is 0 Å². The number of para-hydroxylation sites is 1. The molecule has 0 bridgehead atoms. The summed E-state index contributed by atoms with van der Waals surface area (Å²) in [6.07, 6.45) is 5.95. The number of aromatic carboxylic acids is 1. The van der Waals surface area contributed by atoms with Gasteiger partial charge in [-0.2, -0.15) is 0 Å². The highest BCUT2D eigenvalue weighted by Gasteiger charge is 2.18. The van der Waals surface area contributed by atoms with E-state index in [9.17, 15) is 9.90 Å². The second-order valence-corrected chi connectivity index (χ2v) is 5.71. The number of carbonyl (C=O) groups is 1. The molecule has 1 heterocycles. The topological polar surface area (TPSA) is 55.1 Å². The molecule has 2 aromatic rings. The minimum Gasteiger partial charge on any atom is -0.478 e. The van der Waals surface area contributed by atoms with Gasteiger partial charge in [0.1, 0.15) is 5.82 Å². The molecule has 2 rings (SSSR count). The Kier molecular flexibility index (Phi) is 4.99. The maximum atomic E-state index is 11.5. The van der Waals surface area contributed by atoms with Crippen LogP contribution < -0.4 is 0 Å². The summed E-state index contributed by atoms with van der Waals surface area (Å²) in [6.45, 7) is 6.31. The molecule has 0 aliphatic heterocycles. The third kappa shape index (κ3) is 3.26. The van der Waals surface area contributed by atoms with E-state index < -0.39 is 5.97 Å². The van der Waals surface area contributed by atoms with Crippen LogP contribution in [0.5, 0.6) is 0 Å². The lowest BCUT2D eigenvalue weighted by atomic mass is 10.1. The Balaban J connectivity index is 2.34. The maximum Gasteiger partial charge on any atom is 0.337 e. The Morgan fingerprint density at radius 2 is 2.10 bits per heavy atom. The second kappa shape index (κ2) is 6.74. The number of unbranched alkanes of at least 4 members (excludes halogenated alkanes) is 3. The summed E-state index contributed by atoms with van der Waals surface area (Å²) in [4.78, 5) is 16.0. The first-order valence-corrected chi connectivity index (χ1v) is 7.77. The highest BCUT2D eigenvalue weighted by atomic mass is 16.4. The standard InChI is InChI=1S/C17H24N2O2/c1-4-5-6-7-9-12(2)19-13(3)18-15-11-8-10-14(16(15)19)17(20)21/h8,10-12H,4-7,9H2,1-3H3,(H,20,21). The van der Waals surface area contributed by atoms with Crippen molar-refractivity contribution >= 4 is 17.0 Å². The SMILES string of the molecule is CCCCCCC(C)n1c(C)nc2cccc(C(=O)O)c21. The fourth-order valence-electron chi connectivity index (χ4n) is 2.97. The van der Waals surface area contributed by atoms with E-state index >= 15 is 0 Å². The van der Waals surface area contributed by atoms with Gasteiger partial charge in [-0.3, -0.25) is 0 Å². The van der Waals surface area contributed by atoms with Gasteiger partial charge in [-0.1, -0.05) is 38.7 Å². The fraction of sp³-hybridized carbons (Fsp3) is 0.529. The highest BCUT2D eigenvalue weighted by molar-refractivity contribution is 6.01. The van der Waals surface area contributed by atoms with Crippen LogP contribution in [0.1, 0.15) is 68.2 Å². The van der Waals surface area contributed by atoms with Crippen LogP contribution in [0.3, 0.4) is 0 Å². The molecule has 4 nitrogen and oxygen atoms in total. The molecule has 0 saturated carbocycles. The second-order valence-electron chi connectivity index (χ2n) is 5.71. The van der Waals surface area contributed by atoms with Crippen molar-refractivity contribution < 1.29 is 9.90 Å². The van der Waals surface area contributed by atoms with Crippen molar-refractivity contribution in [3.05, 3.63) is 29.6 Å². The normalized spacial score (nSPS) is 12.7. The maximum absolute atomic E-state index is 11.5. The van der Waals surface area contributed by atoms with Gasteiger partial charge >= 0.3 is 5.97 Å².